The summed E-state index contributed by atoms with van der Waals surface area (Å²) in [6, 6.07) is 3.30. The predicted molar refractivity (Wildman–Crippen MR) is 83.2 cm³/mol. The summed E-state index contributed by atoms with van der Waals surface area (Å²) in [6.07, 6.45) is 2.54. The Balaban J connectivity index is 2.55. The Morgan fingerprint density at radius 3 is 2.45 bits per heavy atom. The lowest BCUT2D eigenvalue weighted by molar-refractivity contribution is 0.0751. The van der Waals surface area contributed by atoms with Crippen LogP contribution in [0.4, 0.5) is 0 Å². The maximum atomic E-state index is 12.3. The van der Waals surface area contributed by atoms with E-state index in [2.05, 4.69) is 23.7 Å². The smallest absolute Gasteiger partial charge is 0.272 e. The number of nitrogens with zero attached hydrogens (tertiary/aromatic N) is 3. The fourth-order valence-electron chi connectivity index (χ4n) is 2.11. The fraction of sp³-hybridized carbons (Fsp3) is 0.600. The van der Waals surface area contributed by atoms with Gasteiger partial charge in [0.2, 0.25) is 0 Å². The van der Waals surface area contributed by atoms with Crippen LogP contribution in [0.2, 0.25) is 5.02 Å². The Morgan fingerprint density at radius 1 is 1.20 bits per heavy atom. The first kappa shape index (κ1) is 16.9. The largest absolute Gasteiger partial charge is 0.338 e. The molecule has 0 radical (unpaired) electrons. The molecule has 1 heterocycles. The van der Waals surface area contributed by atoms with Crippen molar-refractivity contribution in [2.45, 2.75) is 27.2 Å². The minimum atomic E-state index is -0.0467. The van der Waals surface area contributed by atoms with Gasteiger partial charge in [0.05, 0.1) is 0 Å². The highest BCUT2D eigenvalue weighted by Crippen LogP contribution is 2.10. The molecule has 112 valence electrons. The molecule has 1 rings (SSSR count). The molecule has 1 amide bonds. The van der Waals surface area contributed by atoms with Crippen molar-refractivity contribution in [3.05, 3.63) is 29.0 Å². The van der Waals surface area contributed by atoms with Crippen LogP contribution in [-0.4, -0.2) is 53.4 Å². The molecule has 4 nitrogen and oxygen atoms in total. The summed E-state index contributed by atoms with van der Waals surface area (Å²) >= 11 is 5.90. The van der Waals surface area contributed by atoms with Crippen LogP contribution in [0.15, 0.2) is 18.3 Å². The number of aromatic nitrogens is 1. The van der Waals surface area contributed by atoms with Crippen LogP contribution in [0.25, 0.3) is 0 Å². The third kappa shape index (κ3) is 5.10. The maximum Gasteiger partial charge on any atom is 0.272 e. The lowest BCUT2D eigenvalue weighted by Crippen LogP contribution is -2.34. The summed E-state index contributed by atoms with van der Waals surface area (Å²) in [5.74, 6) is -0.0467. The first-order valence-electron chi connectivity index (χ1n) is 7.25. The normalized spacial score (nSPS) is 10.8. The van der Waals surface area contributed by atoms with Crippen molar-refractivity contribution in [2.75, 3.05) is 32.7 Å². The third-order valence-electron chi connectivity index (χ3n) is 3.41. The standard InChI is InChI=1S/C15H24ClN3O/c1-4-18(5-2)10-7-11-19(6-3)15(20)14-12-13(16)8-9-17-14/h8-9,12H,4-7,10-11H2,1-3H3. The van der Waals surface area contributed by atoms with E-state index in [1.165, 1.54) is 0 Å². The van der Waals surface area contributed by atoms with Crippen molar-refractivity contribution < 1.29 is 4.79 Å². The molecule has 1 aromatic rings. The van der Waals surface area contributed by atoms with Gasteiger partial charge in [-0.1, -0.05) is 25.4 Å². The Kier molecular flexibility index (Phi) is 7.55. The zero-order chi connectivity index (χ0) is 15.0. The van der Waals surface area contributed by atoms with E-state index in [9.17, 15) is 4.79 Å². The van der Waals surface area contributed by atoms with Gasteiger partial charge in [0.1, 0.15) is 5.69 Å². The van der Waals surface area contributed by atoms with Crippen LogP contribution >= 0.6 is 11.6 Å². The monoisotopic (exact) mass is 297 g/mol. The summed E-state index contributed by atoms with van der Waals surface area (Å²) in [4.78, 5) is 20.6. The Morgan fingerprint density at radius 2 is 1.90 bits per heavy atom. The van der Waals surface area contributed by atoms with Crippen LogP contribution in [0.3, 0.4) is 0 Å². The second-order valence-electron chi connectivity index (χ2n) is 4.62. The molecule has 0 bridgehead atoms. The predicted octanol–water partition coefficient (Wildman–Crippen LogP) is 2.93. The average Bonchev–Trinajstić information content (AvgIpc) is 2.47. The van der Waals surface area contributed by atoms with E-state index in [-0.39, 0.29) is 5.91 Å². The summed E-state index contributed by atoms with van der Waals surface area (Å²) in [7, 11) is 0. The van der Waals surface area contributed by atoms with Gasteiger partial charge in [-0.25, -0.2) is 0 Å². The highest BCUT2D eigenvalue weighted by atomic mass is 35.5. The molecule has 0 aliphatic carbocycles. The first-order valence-corrected chi connectivity index (χ1v) is 7.63. The number of amides is 1. The molecule has 0 fully saturated rings. The summed E-state index contributed by atoms with van der Waals surface area (Å²) in [5.41, 5.74) is 0.419. The topological polar surface area (TPSA) is 36.4 Å². The average molecular weight is 298 g/mol. The van der Waals surface area contributed by atoms with E-state index in [4.69, 9.17) is 11.6 Å². The second kappa shape index (κ2) is 8.93. The van der Waals surface area contributed by atoms with Crippen molar-refractivity contribution in [2.24, 2.45) is 0 Å². The van der Waals surface area contributed by atoms with Crippen LogP contribution in [0.5, 0.6) is 0 Å². The minimum Gasteiger partial charge on any atom is -0.338 e. The summed E-state index contributed by atoms with van der Waals surface area (Å²) in [6.45, 7) is 10.8. The number of hydrogen-bond acceptors (Lipinski definition) is 3. The highest BCUT2D eigenvalue weighted by molar-refractivity contribution is 6.30. The molecule has 20 heavy (non-hydrogen) atoms. The number of pyridine rings is 1. The van der Waals surface area contributed by atoms with Crippen molar-refractivity contribution in [1.29, 1.82) is 0 Å². The molecule has 0 aromatic carbocycles. The van der Waals surface area contributed by atoms with Crippen molar-refractivity contribution in [1.82, 2.24) is 14.8 Å². The number of carbonyl (C=O) groups is 1. The van der Waals surface area contributed by atoms with Crippen LogP contribution < -0.4 is 0 Å². The van der Waals surface area contributed by atoms with Crippen molar-refractivity contribution >= 4 is 17.5 Å². The molecule has 0 saturated carbocycles. The van der Waals surface area contributed by atoms with E-state index < -0.39 is 0 Å². The van der Waals surface area contributed by atoms with Crippen LogP contribution in [-0.2, 0) is 0 Å². The molecule has 0 unspecified atom stereocenters. The number of carbonyl (C=O) groups excluding carboxylic acids is 1. The van der Waals surface area contributed by atoms with Gasteiger partial charge in [-0.05, 0) is 45.1 Å². The van der Waals surface area contributed by atoms with Crippen LogP contribution in [0, 0.1) is 0 Å². The number of rotatable bonds is 8. The molecule has 0 N–H and O–H groups in total. The maximum absolute atomic E-state index is 12.3. The Hall–Kier alpha value is -1.13. The SMILES string of the molecule is CCN(CC)CCCN(CC)C(=O)c1cc(Cl)ccn1. The molecule has 0 aliphatic rings. The highest BCUT2D eigenvalue weighted by Gasteiger charge is 2.15. The van der Waals surface area contributed by atoms with Gasteiger partial charge in [0.15, 0.2) is 0 Å². The summed E-state index contributed by atoms with van der Waals surface area (Å²) in [5, 5.41) is 0.544. The first-order chi connectivity index (χ1) is 9.62. The van der Waals surface area contributed by atoms with Crippen molar-refractivity contribution in [3.63, 3.8) is 0 Å². The van der Waals surface area contributed by atoms with Crippen molar-refractivity contribution in [3.8, 4) is 0 Å². The summed E-state index contributed by atoms with van der Waals surface area (Å²) < 4.78 is 0. The second-order valence-corrected chi connectivity index (χ2v) is 5.06. The quantitative estimate of drug-likeness (QED) is 0.740. The van der Waals surface area contributed by atoms with Gasteiger partial charge in [-0.2, -0.15) is 0 Å². The van der Waals surface area contributed by atoms with E-state index >= 15 is 0 Å². The van der Waals surface area contributed by atoms with Gasteiger partial charge in [0, 0.05) is 24.3 Å². The molecule has 0 atom stereocenters. The van der Waals surface area contributed by atoms with E-state index in [1.54, 1.807) is 18.3 Å². The van der Waals surface area contributed by atoms with Gasteiger partial charge < -0.3 is 9.80 Å². The molecule has 0 spiro atoms. The fourth-order valence-corrected chi connectivity index (χ4v) is 2.27. The van der Waals surface area contributed by atoms with Gasteiger partial charge in [-0.3, -0.25) is 9.78 Å². The Labute approximate surface area is 126 Å². The van der Waals surface area contributed by atoms with E-state index in [0.29, 0.717) is 17.3 Å². The number of halogens is 1. The van der Waals surface area contributed by atoms with E-state index in [1.807, 2.05) is 11.8 Å². The van der Waals surface area contributed by atoms with Crippen LogP contribution in [0.1, 0.15) is 37.7 Å². The van der Waals surface area contributed by atoms with Gasteiger partial charge in [-0.15, -0.1) is 0 Å². The molecular weight excluding hydrogens is 274 g/mol. The zero-order valence-corrected chi connectivity index (χ0v) is 13.4. The lowest BCUT2D eigenvalue weighted by atomic mass is 10.2. The number of hydrogen-bond donors (Lipinski definition) is 0. The lowest BCUT2D eigenvalue weighted by Gasteiger charge is -2.23. The van der Waals surface area contributed by atoms with Gasteiger partial charge in [0.25, 0.3) is 5.91 Å². The molecule has 1 aromatic heterocycles. The molecule has 0 aliphatic heterocycles. The third-order valence-corrected chi connectivity index (χ3v) is 3.64. The van der Waals surface area contributed by atoms with Gasteiger partial charge >= 0.3 is 0 Å². The minimum absolute atomic E-state index is 0.0467. The van der Waals surface area contributed by atoms with E-state index in [0.717, 1.165) is 32.6 Å². The zero-order valence-electron chi connectivity index (χ0n) is 12.6. The molecule has 0 saturated heterocycles. The molecule has 5 heteroatoms. The Bertz CT molecular complexity index is 421. The molecular formula is C15H24ClN3O.